The molecule has 2 aromatic heterocycles. The van der Waals surface area contributed by atoms with Crippen LogP contribution in [0.2, 0.25) is 5.02 Å². The largest absolute Gasteiger partial charge is 0.352 e. The summed E-state index contributed by atoms with van der Waals surface area (Å²) in [4.78, 5) is 46.7. The van der Waals surface area contributed by atoms with Crippen molar-refractivity contribution in [2.24, 2.45) is 0 Å². The Labute approximate surface area is 254 Å². The van der Waals surface area contributed by atoms with E-state index in [0.717, 1.165) is 16.2 Å². The van der Waals surface area contributed by atoms with Gasteiger partial charge in [-0.25, -0.2) is 17.8 Å². The van der Waals surface area contributed by atoms with Gasteiger partial charge in [0.25, 0.3) is 11.8 Å². The highest BCUT2D eigenvalue weighted by molar-refractivity contribution is 7.91. The number of aromatic nitrogens is 3. The summed E-state index contributed by atoms with van der Waals surface area (Å²) in [5.41, 5.74) is 0.542. The lowest BCUT2D eigenvalue weighted by atomic mass is 9.98. The van der Waals surface area contributed by atoms with Crippen molar-refractivity contribution in [1.29, 1.82) is 0 Å². The highest BCUT2D eigenvalue weighted by Crippen LogP contribution is 2.39. The molecule has 2 aromatic carbocycles. The second-order valence-corrected chi connectivity index (χ2v) is 13.7. The minimum atomic E-state index is -3.18. The third-order valence-electron chi connectivity index (χ3n) is 7.51. The van der Waals surface area contributed by atoms with Gasteiger partial charge in [0.2, 0.25) is 11.7 Å². The molecule has 1 saturated heterocycles. The average Bonchev–Trinajstić information content (AvgIpc) is 3.58. The van der Waals surface area contributed by atoms with E-state index in [1.165, 1.54) is 29.8 Å². The molecule has 2 unspecified atom stereocenters. The molecular formula is C27H25ClFN7O5S2. The Morgan fingerprint density at radius 2 is 1.91 bits per heavy atom. The first-order valence-corrected chi connectivity index (χ1v) is 16.2. The zero-order valence-electron chi connectivity index (χ0n) is 22.6. The number of anilines is 1. The van der Waals surface area contributed by atoms with Crippen LogP contribution in [0.1, 0.15) is 44.4 Å². The van der Waals surface area contributed by atoms with E-state index in [9.17, 15) is 27.2 Å². The number of hydrogen-bond donors (Lipinski definition) is 3. The smallest absolute Gasteiger partial charge is 0.287 e. The maximum Gasteiger partial charge on any atom is 0.287 e. The van der Waals surface area contributed by atoms with Gasteiger partial charge < -0.3 is 20.5 Å². The molecule has 3 N–H and O–H groups in total. The molecule has 2 atom stereocenters. The number of halogens is 2. The average molecular weight is 646 g/mol. The minimum Gasteiger partial charge on any atom is -0.352 e. The maximum absolute atomic E-state index is 14.5. The molecule has 6 rings (SSSR count). The van der Waals surface area contributed by atoms with E-state index in [2.05, 4.69) is 25.3 Å². The van der Waals surface area contributed by atoms with Crippen LogP contribution >= 0.6 is 23.1 Å². The van der Waals surface area contributed by atoms with Gasteiger partial charge in [0.15, 0.2) is 15.7 Å². The fraction of sp³-hybridized carbons (Fsp3) is 0.296. The Morgan fingerprint density at radius 1 is 1.16 bits per heavy atom. The second kappa shape index (κ2) is 11.3. The molecule has 43 heavy (non-hydrogen) atoms. The lowest BCUT2D eigenvalue weighted by Crippen LogP contribution is -2.50. The lowest BCUT2D eigenvalue weighted by Gasteiger charge is -2.36. The number of benzene rings is 2. The summed E-state index contributed by atoms with van der Waals surface area (Å²) in [7, 11) is -1.78. The highest BCUT2D eigenvalue weighted by Gasteiger charge is 2.42. The Hall–Kier alpha value is -3.92. The first kappa shape index (κ1) is 29.2. The number of amides is 3. The lowest BCUT2D eigenvalue weighted by molar-refractivity contribution is -0.126. The molecule has 1 fully saturated rings. The number of sulfone groups is 1. The maximum atomic E-state index is 14.5. The Balaban J connectivity index is 1.49. The summed E-state index contributed by atoms with van der Waals surface area (Å²) in [6.07, 6.45) is 0. The number of carbonyl (C=O) groups is 3. The molecule has 2 aliphatic rings. The summed E-state index contributed by atoms with van der Waals surface area (Å²) >= 11 is 7.63. The van der Waals surface area contributed by atoms with E-state index < -0.39 is 45.5 Å². The van der Waals surface area contributed by atoms with Crippen LogP contribution in [0, 0.1) is 5.82 Å². The van der Waals surface area contributed by atoms with Crippen molar-refractivity contribution in [3.05, 3.63) is 76.1 Å². The van der Waals surface area contributed by atoms with Crippen LogP contribution in [0.4, 0.5) is 10.2 Å². The van der Waals surface area contributed by atoms with E-state index in [1.54, 1.807) is 12.1 Å². The predicted octanol–water partition coefficient (Wildman–Crippen LogP) is 2.39. The Kier molecular flexibility index (Phi) is 7.66. The van der Waals surface area contributed by atoms with Crippen molar-refractivity contribution < 1.29 is 27.2 Å². The highest BCUT2D eigenvalue weighted by atomic mass is 35.5. The number of rotatable bonds is 6. The van der Waals surface area contributed by atoms with Crippen molar-refractivity contribution in [3.63, 3.8) is 0 Å². The fourth-order valence-electron chi connectivity index (χ4n) is 5.34. The molecule has 0 bridgehead atoms. The van der Waals surface area contributed by atoms with Crippen molar-refractivity contribution >= 4 is 66.6 Å². The van der Waals surface area contributed by atoms with Crippen molar-refractivity contribution in [1.82, 2.24) is 29.5 Å². The number of hydrogen-bond acceptors (Lipinski definition) is 9. The molecule has 0 saturated carbocycles. The van der Waals surface area contributed by atoms with E-state index in [0.29, 0.717) is 5.39 Å². The van der Waals surface area contributed by atoms with Gasteiger partial charge in [-0.2, -0.15) is 4.37 Å². The topological polar surface area (TPSA) is 155 Å². The fourth-order valence-corrected chi connectivity index (χ4v) is 7.62. The molecule has 0 aliphatic carbocycles. The van der Waals surface area contributed by atoms with Crippen molar-refractivity contribution in [2.45, 2.75) is 12.1 Å². The first-order chi connectivity index (χ1) is 20.6. The van der Waals surface area contributed by atoms with Crippen LogP contribution < -0.4 is 16.0 Å². The molecular weight excluding hydrogens is 621 g/mol. The summed E-state index contributed by atoms with van der Waals surface area (Å²) in [6, 6.07) is 8.76. The molecule has 4 aromatic rings. The van der Waals surface area contributed by atoms with Crippen LogP contribution in [-0.2, 0) is 14.6 Å². The van der Waals surface area contributed by atoms with Gasteiger partial charge in [-0.15, -0.1) is 0 Å². The van der Waals surface area contributed by atoms with Crippen LogP contribution in [-0.4, -0.2) is 83.2 Å². The summed E-state index contributed by atoms with van der Waals surface area (Å²) < 4.78 is 45.0. The van der Waals surface area contributed by atoms with E-state index in [4.69, 9.17) is 11.6 Å². The van der Waals surface area contributed by atoms with Gasteiger partial charge in [0.1, 0.15) is 17.6 Å². The number of imidazole rings is 1. The third kappa shape index (κ3) is 5.48. The second-order valence-electron chi connectivity index (χ2n) is 10.2. The number of fused-ring (bicyclic) bond motifs is 2. The Bertz CT molecular complexity index is 1880. The quantitative estimate of drug-likeness (QED) is 0.289. The Morgan fingerprint density at radius 3 is 2.65 bits per heavy atom. The van der Waals surface area contributed by atoms with Gasteiger partial charge >= 0.3 is 0 Å². The molecule has 4 heterocycles. The molecule has 3 amide bonds. The zero-order valence-corrected chi connectivity index (χ0v) is 25.0. The normalized spacial score (nSPS) is 19.9. The molecule has 2 aliphatic heterocycles. The molecule has 0 radical (unpaired) electrons. The van der Waals surface area contributed by atoms with Gasteiger partial charge in [0.05, 0.1) is 27.9 Å². The third-order valence-corrected chi connectivity index (χ3v) is 10.3. The SMILES string of the molecule is CNC(=O)c1nc(NC(=O)c2nsc3ccccc23)c2n1C(CN1CCS(=O)(=O)CC1)C(=O)NC2c1cc(F)ccc1Cl. The van der Waals surface area contributed by atoms with Gasteiger partial charge in [0, 0.05) is 42.7 Å². The standard InChI is InChI=1S/C27H25ClFN7O5S2/c1-30-27(39)24-32-23(33-26(38)21-15-4-2-3-5-19(15)42-34-21)22-20(16-12-14(29)6-7-17(16)28)31-25(37)18(36(22)24)13-35-8-10-43(40,41)11-9-35/h2-7,12,18,20H,8-11,13H2,1H3,(H,30,39)(H,31,37)(H,33,38). The summed E-state index contributed by atoms with van der Waals surface area (Å²) in [6.45, 7) is 0.457. The minimum absolute atomic E-state index is 0.0442. The summed E-state index contributed by atoms with van der Waals surface area (Å²) in [5.74, 6) is -2.70. The molecule has 12 nitrogen and oxygen atoms in total. The van der Waals surface area contributed by atoms with E-state index in [1.807, 2.05) is 17.0 Å². The van der Waals surface area contributed by atoms with Crippen molar-refractivity contribution in [3.8, 4) is 0 Å². The van der Waals surface area contributed by atoms with Crippen LogP contribution in [0.15, 0.2) is 42.5 Å². The van der Waals surface area contributed by atoms with Crippen LogP contribution in [0.25, 0.3) is 10.1 Å². The van der Waals surface area contributed by atoms with Gasteiger partial charge in [-0.3, -0.25) is 19.3 Å². The monoisotopic (exact) mass is 645 g/mol. The zero-order chi connectivity index (χ0) is 30.5. The number of nitrogens with zero attached hydrogens (tertiary/aromatic N) is 4. The van der Waals surface area contributed by atoms with Crippen LogP contribution in [0.5, 0.6) is 0 Å². The van der Waals surface area contributed by atoms with E-state index in [-0.39, 0.29) is 64.8 Å². The predicted molar refractivity (Wildman–Crippen MR) is 159 cm³/mol. The molecule has 224 valence electrons. The van der Waals surface area contributed by atoms with Gasteiger partial charge in [-0.05, 0) is 35.8 Å². The van der Waals surface area contributed by atoms with Gasteiger partial charge in [-0.1, -0.05) is 29.8 Å². The molecule has 0 spiro atoms. The van der Waals surface area contributed by atoms with Crippen LogP contribution in [0.3, 0.4) is 0 Å². The summed E-state index contributed by atoms with van der Waals surface area (Å²) in [5, 5.41) is 8.91. The van der Waals surface area contributed by atoms with E-state index >= 15 is 0 Å². The number of carbonyl (C=O) groups excluding carboxylic acids is 3. The first-order valence-electron chi connectivity index (χ1n) is 13.2. The number of nitrogens with one attached hydrogen (secondary N) is 3. The molecule has 16 heteroatoms. The van der Waals surface area contributed by atoms with Crippen molar-refractivity contribution in [2.75, 3.05) is 43.5 Å².